The van der Waals surface area contributed by atoms with Gasteiger partial charge in [0.25, 0.3) is 0 Å². The summed E-state index contributed by atoms with van der Waals surface area (Å²) in [5.41, 5.74) is 1.18. The van der Waals surface area contributed by atoms with Crippen LogP contribution in [0.2, 0.25) is 0 Å². The van der Waals surface area contributed by atoms with Crippen molar-refractivity contribution in [1.82, 2.24) is 4.90 Å². The van der Waals surface area contributed by atoms with E-state index < -0.39 is 0 Å². The number of hydrogen-bond donors (Lipinski definition) is 0. The zero-order valence-electron chi connectivity index (χ0n) is 12.1. The van der Waals surface area contributed by atoms with E-state index >= 15 is 0 Å². The summed E-state index contributed by atoms with van der Waals surface area (Å²) in [5, 5.41) is 0. The Kier molecular flexibility index (Phi) is 6.23. The van der Waals surface area contributed by atoms with E-state index in [1.807, 2.05) is 4.90 Å². The largest absolute Gasteiger partial charge is 0.449 e. The van der Waals surface area contributed by atoms with Gasteiger partial charge in [0.05, 0.1) is 6.61 Å². The molecule has 0 aromatic rings. The first-order valence-corrected chi connectivity index (χ1v) is 7.11. The molecule has 0 radical (unpaired) electrons. The highest BCUT2D eigenvalue weighted by Crippen LogP contribution is 2.26. The molecule has 3 nitrogen and oxygen atoms in total. The molecule has 1 aliphatic rings. The van der Waals surface area contributed by atoms with Gasteiger partial charge in [0, 0.05) is 13.1 Å². The molecule has 0 bridgehead atoms. The minimum absolute atomic E-state index is 0.149. The van der Waals surface area contributed by atoms with Gasteiger partial charge in [-0.15, -0.1) is 0 Å². The summed E-state index contributed by atoms with van der Waals surface area (Å²) in [5.74, 6) is 1.07. The van der Waals surface area contributed by atoms with E-state index in [-0.39, 0.29) is 6.09 Å². The molecule has 1 fully saturated rings. The predicted molar refractivity (Wildman–Crippen MR) is 74.5 cm³/mol. The molecule has 104 valence electrons. The number of amides is 1. The van der Waals surface area contributed by atoms with Crippen LogP contribution in [-0.2, 0) is 4.74 Å². The molecule has 0 aromatic heterocycles. The first-order valence-electron chi connectivity index (χ1n) is 7.11. The summed E-state index contributed by atoms with van der Waals surface area (Å²) < 4.78 is 5.30. The van der Waals surface area contributed by atoms with Gasteiger partial charge in [-0.05, 0) is 38.0 Å². The van der Waals surface area contributed by atoms with Crippen molar-refractivity contribution in [3.63, 3.8) is 0 Å². The van der Waals surface area contributed by atoms with E-state index in [0.29, 0.717) is 18.4 Å². The van der Waals surface area contributed by atoms with Gasteiger partial charge in [0.15, 0.2) is 0 Å². The molecular weight excluding hydrogens is 226 g/mol. The maximum Gasteiger partial charge on any atom is 0.409 e. The fourth-order valence-electron chi connectivity index (χ4n) is 2.33. The van der Waals surface area contributed by atoms with Crippen molar-refractivity contribution in [1.29, 1.82) is 0 Å². The first-order chi connectivity index (χ1) is 8.54. The van der Waals surface area contributed by atoms with Crippen molar-refractivity contribution >= 4 is 6.09 Å². The molecule has 0 saturated carbocycles. The average molecular weight is 253 g/mol. The number of carbonyl (C=O) groups is 1. The van der Waals surface area contributed by atoms with E-state index in [2.05, 4.69) is 27.4 Å². The quantitative estimate of drug-likeness (QED) is 0.562. The van der Waals surface area contributed by atoms with E-state index in [0.717, 1.165) is 38.8 Å². The molecule has 1 amide bonds. The third-order valence-electron chi connectivity index (χ3n) is 3.70. The van der Waals surface area contributed by atoms with Crippen LogP contribution in [-0.4, -0.2) is 30.7 Å². The Morgan fingerprint density at radius 3 is 2.83 bits per heavy atom. The van der Waals surface area contributed by atoms with Crippen LogP contribution in [0, 0.1) is 11.8 Å². The Morgan fingerprint density at radius 2 is 2.22 bits per heavy atom. The SMILES string of the molecule is C=C(C)C1CC(C)CCN(C(=O)OCCCC)C1. The third kappa shape index (κ3) is 4.71. The summed E-state index contributed by atoms with van der Waals surface area (Å²) in [6.07, 6.45) is 4.04. The summed E-state index contributed by atoms with van der Waals surface area (Å²) in [7, 11) is 0. The van der Waals surface area contributed by atoms with Crippen LogP contribution >= 0.6 is 0 Å². The number of carbonyl (C=O) groups excluding carboxylic acids is 1. The minimum atomic E-state index is -0.149. The van der Waals surface area contributed by atoms with Crippen molar-refractivity contribution in [3.05, 3.63) is 12.2 Å². The molecule has 0 aromatic carbocycles. The zero-order chi connectivity index (χ0) is 13.5. The number of likely N-dealkylation sites (tertiary alicyclic amines) is 1. The highest BCUT2D eigenvalue weighted by atomic mass is 16.6. The second kappa shape index (κ2) is 7.45. The highest BCUT2D eigenvalue weighted by molar-refractivity contribution is 5.67. The highest BCUT2D eigenvalue weighted by Gasteiger charge is 2.26. The molecule has 2 unspecified atom stereocenters. The Hall–Kier alpha value is -0.990. The summed E-state index contributed by atoms with van der Waals surface area (Å²) >= 11 is 0. The second-order valence-electron chi connectivity index (χ2n) is 5.59. The number of rotatable bonds is 4. The molecule has 0 N–H and O–H groups in total. The lowest BCUT2D eigenvalue weighted by molar-refractivity contribution is 0.0992. The zero-order valence-corrected chi connectivity index (χ0v) is 12.1. The number of unbranched alkanes of at least 4 members (excludes halogenated alkanes) is 1. The molecule has 1 heterocycles. The van der Waals surface area contributed by atoms with Gasteiger partial charge < -0.3 is 9.64 Å². The van der Waals surface area contributed by atoms with Crippen molar-refractivity contribution in [2.75, 3.05) is 19.7 Å². The van der Waals surface area contributed by atoms with Crippen LogP contribution in [0.1, 0.15) is 46.5 Å². The van der Waals surface area contributed by atoms with E-state index in [1.54, 1.807) is 0 Å². The lowest BCUT2D eigenvalue weighted by atomic mass is 9.91. The van der Waals surface area contributed by atoms with Gasteiger partial charge >= 0.3 is 6.09 Å². The Bertz CT molecular complexity index is 288. The Balaban J connectivity index is 2.53. The molecule has 2 atom stereocenters. The Labute approximate surface area is 111 Å². The van der Waals surface area contributed by atoms with E-state index in [4.69, 9.17) is 4.74 Å². The third-order valence-corrected chi connectivity index (χ3v) is 3.70. The predicted octanol–water partition coefficient (Wildman–Crippen LogP) is 3.85. The molecule has 18 heavy (non-hydrogen) atoms. The van der Waals surface area contributed by atoms with E-state index in [1.165, 1.54) is 5.57 Å². The van der Waals surface area contributed by atoms with Crippen LogP contribution in [0.25, 0.3) is 0 Å². The first kappa shape index (κ1) is 15.1. The topological polar surface area (TPSA) is 29.5 Å². The lowest BCUT2D eigenvalue weighted by Gasteiger charge is -2.24. The minimum Gasteiger partial charge on any atom is -0.449 e. The molecule has 0 aliphatic carbocycles. The van der Waals surface area contributed by atoms with Gasteiger partial charge in [-0.1, -0.05) is 32.4 Å². The maximum atomic E-state index is 12.0. The summed E-state index contributed by atoms with van der Waals surface area (Å²) in [6, 6.07) is 0. The van der Waals surface area contributed by atoms with Gasteiger partial charge in [0.2, 0.25) is 0 Å². The van der Waals surface area contributed by atoms with Crippen LogP contribution in [0.4, 0.5) is 4.79 Å². The molecule has 3 heteroatoms. The molecule has 1 saturated heterocycles. The van der Waals surface area contributed by atoms with Crippen molar-refractivity contribution < 1.29 is 9.53 Å². The van der Waals surface area contributed by atoms with Crippen molar-refractivity contribution in [2.24, 2.45) is 11.8 Å². The molecule has 1 aliphatic heterocycles. The van der Waals surface area contributed by atoms with Crippen molar-refractivity contribution in [3.8, 4) is 0 Å². The average Bonchev–Trinajstić information content (AvgIpc) is 2.51. The molecule has 1 rings (SSSR count). The fourth-order valence-corrected chi connectivity index (χ4v) is 2.33. The van der Waals surface area contributed by atoms with Crippen LogP contribution in [0.3, 0.4) is 0 Å². The summed E-state index contributed by atoms with van der Waals surface area (Å²) in [6.45, 7) is 12.6. The second-order valence-corrected chi connectivity index (χ2v) is 5.59. The summed E-state index contributed by atoms with van der Waals surface area (Å²) in [4.78, 5) is 13.8. The number of hydrogen-bond acceptors (Lipinski definition) is 2. The van der Waals surface area contributed by atoms with Crippen LogP contribution in [0.5, 0.6) is 0 Å². The molecule has 0 spiro atoms. The lowest BCUT2D eigenvalue weighted by Crippen LogP contribution is -2.35. The monoisotopic (exact) mass is 253 g/mol. The van der Waals surface area contributed by atoms with Gasteiger partial charge in [-0.25, -0.2) is 4.79 Å². The van der Waals surface area contributed by atoms with E-state index in [9.17, 15) is 4.79 Å². The Morgan fingerprint density at radius 1 is 1.50 bits per heavy atom. The standard InChI is InChI=1S/C15H27NO2/c1-5-6-9-18-15(17)16-8-7-13(4)10-14(11-16)12(2)3/h13-14H,2,5-11H2,1,3-4H3. The van der Waals surface area contributed by atoms with Gasteiger partial charge in [-0.3, -0.25) is 0 Å². The number of ether oxygens (including phenoxy) is 1. The van der Waals surface area contributed by atoms with Gasteiger partial charge in [0.1, 0.15) is 0 Å². The fraction of sp³-hybridized carbons (Fsp3) is 0.800. The van der Waals surface area contributed by atoms with Crippen LogP contribution < -0.4 is 0 Å². The van der Waals surface area contributed by atoms with Crippen molar-refractivity contribution in [2.45, 2.75) is 46.5 Å². The van der Waals surface area contributed by atoms with Crippen LogP contribution in [0.15, 0.2) is 12.2 Å². The van der Waals surface area contributed by atoms with Gasteiger partial charge in [-0.2, -0.15) is 0 Å². The maximum absolute atomic E-state index is 12.0. The smallest absolute Gasteiger partial charge is 0.409 e. The normalized spacial score (nSPS) is 24.5. The molecular formula is C15H27NO2. The number of nitrogens with zero attached hydrogens (tertiary/aromatic N) is 1.